The van der Waals surface area contributed by atoms with E-state index in [0.717, 1.165) is 0 Å². The molecule has 19 heavy (non-hydrogen) atoms. The smallest absolute Gasteiger partial charge is 0.318 e. The molecule has 0 fully saturated rings. The molecule has 0 aromatic heterocycles. The molecule has 0 amide bonds. The van der Waals surface area contributed by atoms with Crippen LogP contribution in [0, 0.1) is 0 Å². The van der Waals surface area contributed by atoms with Crippen LogP contribution in [0.2, 0.25) is 0 Å². The van der Waals surface area contributed by atoms with Crippen molar-refractivity contribution in [3.05, 3.63) is 28.7 Å². The molecule has 0 saturated heterocycles. The lowest BCUT2D eigenvalue weighted by molar-refractivity contribution is -0.139. The van der Waals surface area contributed by atoms with Gasteiger partial charge >= 0.3 is 11.9 Å². The number of halogens is 1. The average Bonchev–Trinajstić information content (AvgIpc) is 2.27. The van der Waals surface area contributed by atoms with Crippen LogP contribution in [0.1, 0.15) is 0 Å². The fourth-order valence-electron chi connectivity index (χ4n) is 1.32. The van der Waals surface area contributed by atoms with Crippen LogP contribution in [-0.2, 0) is 19.6 Å². The highest BCUT2D eigenvalue weighted by atomic mass is 79.9. The summed E-state index contributed by atoms with van der Waals surface area (Å²) in [5, 5.41) is 17.3. The Kier molecular flexibility index (Phi) is 5.04. The molecule has 0 unspecified atom stereocenters. The molecule has 7 nitrogen and oxygen atoms in total. The molecule has 104 valence electrons. The van der Waals surface area contributed by atoms with Gasteiger partial charge in [0, 0.05) is 4.47 Å². The van der Waals surface area contributed by atoms with E-state index in [4.69, 9.17) is 10.2 Å². The molecule has 1 aromatic carbocycles. The Hall–Kier alpha value is -1.45. The van der Waals surface area contributed by atoms with E-state index in [0.29, 0.717) is 4.31 Å². The molecule has 9 heteroatoms. The van der Waals surface area contributed by atoms with Crippen LogP contribution < -0.4 is 0 Å². The van der Waals surface area contributed by atoms with Gasteiger partial charge in [-0.05, 0) is 28.1 Å². The van der Waals surface area contributed by atoms with Crippen LogP contribution in [0.25, 0.3) is 0 Å². The lowest BCUT2D eigenvalue weighted by Crippen LogP contribution is -2.39. The van der Waals surface area contributed by atoms with Crippen LogP contribution in [0.5, 0.6) is 0 Å². The number of carboxylic acid groups (broad SMARTS) is 2. The maximum atomic E-state index is 12.2. The molecule has 0 bridgehead atoms. The van der Waals surface area contributed by atoms with Gasteiger partial charge < -0.3 is 10.2 Å². The van der Waals surface area contributed by atoms with Crippen molar-refractivity contribution >= 4 is 37.9 Å². The van der Waals surface area contributed by atoms with Crippen molar-refractivity contribution < 1.29 is 28.2 Å². The standard InChI is InChI=1S/C10H10BrNO6S/c11-7-3-1-2-4-8(7)19(17,18)12(5-9(13)14)6-10(15)16/h1-4H,5-6H2,(H,13,14)(H,15,16). The number of carbonyl (C=O) groups is 2. The van der Waals surface area contributed by atoms with E-state index < -0.39 is 35.1 Å². The SMILES string of the molecule is O=C(O)CN(CC(=O)O)S(=O)(=O)c1ccccc1Br. The van der Waals surface area contributed by atoms with Gasteiger partial charge in [-0.2, -0.15) is 4.31 Å². The lowest BCUT2D eigenvalue weighted by atomic mass is 10.4. The highest BCUT2D eigenvalue weighted by Gasteiger charge is 2.29. The summed E-state index contributed by atoms with van der Waals surface area (Å²) in [5.74, 6) is -2.87. The van der Waals surface area contributed by atoms with Crippen LogP contribution in [-0.4, -0.2) is 48.0 Å². The zero-order valence-electron chi connectivity index (χ0n) is 9.48. The van der Waals surface area contributed by atoms with Gasteiger partial charge in [0.2, 0.25) is 10.0 Å². The highest BCUT2D eigenvalue weighted by molar-refractivity contribution is 9.10. The van der Waals surface area contributed by atoms with Gasteiger partial charge in [0.1, 0.15) is 13.1 Å². The molecule has 1 rings (SSSR count). The highest BCUT2D eigenvalue weighted by Crippen LogP contribution is 2.24. The molecule has 0 spiro atoms. The number of aliphatic carboxylic acids is 2. The molecule has 0 heterocycles. The summed E-state index contributed by atoms with van der Waals surface area (Å²) in [4.78, 5) is 21.1. The van der Waals surface area contributed by atoms with Crippen molar-refractivity contribution in [3.63, 3.8) is 0 Å². The second kappa shape index (κ2) is 6.13. The van der Waals surface area contributed by atoms with Gasteiger partial charge in [0.05, 0.1) is 4.90 Å². The molecule has 0 aliphatic heterocycles. The number of hydrogen-bond acceptors (Lipinski definition) is 4. The largest absolute Gasteiger partial charge is 0.480 e. The first-order valence-electron chi connectivity index (χ1n) is 4.93. The molecule has 0 atom stereocenters. The third kappa shape index (κ3) is 4.01. The molecule has 0 aliphatic rings. The summed E-state index contributed by atoms with van der Waals surface area (Å²) in [6.07, 6.45) is 0. The van der Waals surface area contributed by atoms with E-state index in [2.05, 4.69) is 15.9 Å². The summed E-state index contributed by atoms with van der Waals surface area (Å²) < 4.78 is 25.0. The van der Waals surface area contributed by atoms with Gasteiger partial charge in [-0.25, -0.2) is 8.42 Å². The second-order valence-electron chi connectivity index (χ2n) is 3.49. The van der Waals surface area contributed by atoms with Gasteiger partial charge in [0.25, 0.3) is 0 Å². The Balaban J connectivity index is 3.23. The lowest BCUT2D eigenvalue weighted by Gasteiger charge is -2.18. The van der Waals surface area contributed by atoms with Crippen molar-refractivity contribution in [2.24, 2.45) is 0 Å². The topological polar surface area (TPSA) is 112 Å². The van der Waals surface area contributed by atoms with Crippen molar-refractivity contribution in [1.29, 1.82) is 0 Å². The number of benzene rings is 1. The second-order valence-corrected chi connectivity index (χ2v) is 6.25. The zero-order valence-corrected chi connectivity index (χ0v) is 11.9. The average molecular weight is 352 g/mol. The molecule has 0 radical (unpaired) electrons. The molecule has 2 N–H and O–H groups in total. The van der Waals surface area contributed by atoms with E-state index >= 15 is 0 Å². The van der Waals surface area contributed by atoms with Gasteiger partial charge in [-0.15, -0.1) is 0 Å². The fraction of sp³-hybridized carbons (Fsp3) is 0.200. The number of rotatable bonds is 6. The first kappa shape index (κ1) is 15.6. The van der Waals surface area contributed by atoms with Gasteiger partial charge in [-0.3, -0.25) is 9.59 Å². The summed E-state index contributed by atoms with van der Waals surface area (Å²) in [6, 6.07) is 5.77. The molecular formula is C10H10BrNO6S. The molecule has 1 aromatic rings. The maximum absolute atomic E-state index is 12.2. The Bertz CT molecular complexity index is 584. The fourth-order valence-corrected chi connectivity index (χ4v) is 3.62. The van der Waals surface area contributed by atoms with Crippen molar-refractivity contribution in [2.75, 3.05) is 13.1 Å². The summed E-state index contributed by atoms with van der Waals surface area (Å²) in [7, 11) is -4.20. The van der Waals surface area contributed by atoms with Gasteiger partial charge in [-0.1, -0.05) is 12.1 Å². The normalized spacial score (nSPS) is 11.5. The quantitative estimate of drug-likeness (QED) is 0.776. The van der Waals surface area contributed by atoms with E-state index in [1.807, 2.05) is 0 Å². The minimum atomic E-state index is -4.20. The van der Waals surface area contributed by atoms with Gasteiger partial charge in [0.15, 0.2) is 0 Å². The zero-order chi connectivity index (χ0) is 14.6. The number of sulfonamides is 1. The Labute approximate surface area is 117 Å². The van der Waals surface area contributed by atoms with Crippen LogP contribution in [0.4, 0.5) is 0 Å². The molecule has 0 saturated carbocycles. The molecule has 0 aliphatic carbocycles. The Morgan fingerprint density at radius 2 is 1.58 bits per heavy atom. The first-order chi connectivity index (χ1) is 8.75. The summed E-state index contributed by atoms with van der Waals surface area (Å²) in [5.41, 5.74) is 0. The van der Waals surface area contributed by atoms with E-state index in [9.17, 15) is 18.0 Å². The summed E-state index contributed by atoms with van der Waals surface area (Å²) >= 11 is 3.03. The van der Waals surface area contributed by atoms with E-state index in [1.165, 1.54) is 18.2 Å². The third-order valence-corrected chi connectivity index (χ3v) is 4.88. The number of carboxylic acids is 2. The summed E-state index contributed by atoms with van der Waals surface area (Å²) in [6.45, 7) is -1.84. The van der Waals surface area contributed by atoms with Crippen molar-refractivity contribution in [1.82, 2.24) is 4.31 Å². The third-order valence-electron chi connectivity index (χ3n) is 2.08. The monoisotopic (exact) mass is 351 g/mol. The minimum Gasteiger partial charge on any atom is -0.480 e. The van der Waals surface area contributed by atoms with E-state index in [1.54, 1.807) is 6.07 Å². The van der Waals surface area contributed by atoms with Crippen LogP contribution in [0.15, 0.2) is 33.6 Å². The first-order valence-corrected chi connectivity index (χ1v) is 7.16. The maximum Gasteiger partial charge on any atom is 0.318 e. The minimum absolute atomic E-state index is 0.183. The predicted molar refractivity (Wildman–Crippen MR) is 68.2 cm³/mol. The van der Waals surface area contributed by atoms with Crippen LogP contribution in [0.3, 0.4) is 0 Å². The molecular weight excluding hydrogens is 342 g/mol. The number of nitrogens with zero attached hydrogens (tertiary/aromatic N) is 1. The van der Waals surface area contributed by atoms with E-state index in [-0.39, 0.29) is 9.37 Å². The predicted octanol–water partition coefficient (Wildman–Crippen LogP) is 0.609. The number of hydrogen-bond donors (Lipinski definition) is 2. The Morgan fingerprint density at radius 1 is 1.11 bits per heavy atom. The Morgan fingerprint density at radius 3 is 2.00 bits per heavy atom. The van der Waals surface area contributed by atoms with Crippen LogP contribution >= 0.6 is 15.9 Å². The van der Waals surface area contributed by atoms with Crippen molar-refractivity contribution in [2.45, 2.75) is 4.90 Å². The van der Waals surface area contributed by atoms with Crippen molar-refractivity contribution in [3.8, 4) is 0 Å².